The zero-order valence-corrected chi connectivity index (χ0v) is 13.3. The Morgan fingerprint density at radius 3 is 1.95 bits per heavy atom. The van der Waals surface area contributed by atoms with Gasteiger partial charge in [0.25, 0.3) is 0 Å². The smallest absolute Gasteiger partial charge is 0.326 e. The molecule has 0 fully saturated rings. The van der Waals surface area contributed by atoms with Crippen molar-refractivity contribution in [1.82, 2.24) is 10.2 Å². The van der Waals surface area contributed by atoms with Crippen LogP contribution >= 0.6 is 0 Å². The Morgan fingerprint density at radius 1 is 1.10 bits per heavy atom. The molecule has 0 saturated carbocycles. The van der Waals surface area contributed by atoms with Gasteiger partial charge in [-0.25, -0.2) is 4.79 Å². The summed E-state index contributed by atoms with van der Waals surface area (Å²) in [6.07, 6.45) is 4.30. The van der Waals surface area contributed by atoms with Crippen LogP contribution in [0, 0.1) is 5.92 Å². The first-order valence-corrected chi connectivity index (χ1v) is 7.66. The first-order chi connectivity index (χ1) is 9.42. The van der Waals surface area contributed by atoms with Crippen LogP contribution in [0.1, 0.15) is 53.4 Å². The van der Waals surface area contributed by atoms with E-state index in [1.54, 1.807) is 13.8 Å². The zero-order chi connectivity index (χ0) is 15.5. The fraction of sp³-hybridized carbons (Fsp3) is 0.867. The maximum atomic E-state index is 12.0. The van der Waals surface area contributed by atoms with Crippen LogP contribution in [0.25, 0.3) is 0 Å². The van der Waals surface area contributed by atoms with Crippen molar-refractivity contribution in [1.29, 1.82) is 0 Å². The van der Waals surface area contributed by atoms with Crippen molar-refractivity contribution in [3.8, 4) is 0 Å². The van der Waals surface area contributed by atoms with Crippen LogP contribution in [0.4, 0.5) is 0 Å². The molecule has 118 valence electrons. The highest BCUT2D eigenvalue weighted by molar-refractivity contribution is 5.84. The van der Waals surface area contributed by atoms with Crippen molar-refractivity contribution in [3.63, 3.8) is 0 Å². The van der Waals surface area contributed by atoms with Crippen LogP contribution in [-0.4, -0.2) is 47.6 Å². The molecule has 0 aliphatic rings. The number of nitrogens with zero attached hydrogens (tertiary/aromatic N) is 1. The minimum absolute atomic E-state index is 0.115. The molecular weight excluding hydrogens is 256 g/mol. The lowest BCUT2D eigenvalue weighted by Crippen LogP contribution is -2.48. The minimum atomic E-state index is -0.970. The van der Waals surface area contributed by atoms with E-state index in [4.69, 9.17) is 5.11 Å². The fourth-order valence-electron chi connectivity index (χ4n) is 1.97. The Labute approximate surface area is 122 Å². The lowest BCUT2D eigenvalue weighted by atomic mass is 10.0. The van der Waals surface area contributed by atoms with Crippen molar-refractivity contribution < 1.29 is 14.7 Å². The molecule has 5 nitrogen and oxygen atoms in total. The normalized spacial score (nSPS) is 12.7. The molecule has 0 radical (unpaired) electrons. The third-order valence-electron chi connectivity index (χ3n) is 3.27. The van der Waals surface area contributed by atoms with E-state index in [9.17, 15) is 9.59 Å². The number of rotatable bonds is 11. The van der Waals surface area contributed by atoms with Crippen molar-refractivity contribution in [2.75, 3.05) is 19.6 Å². The number of carboxylic acids is 1. The number of hydrogen-bond donors (Lipinski definition) is 2. The number of carboxylic acid groups (broad SMARTS) is 1. The summed E-state index contributed by atoms with van der Waals surface area (Å²) in [5.74, 6) is -1.28. The Kier molecular flexibility index (Phi) is 10.1. The average molecular weight is 286 g/mol. The maximum Gasteiger partial charge on any atom is 0.326 e. The Bertz CT molecular complexity index is 285. The molecule has 2 N–H and O–H groups in total. The molecule has 1 atom stereocenters. The second-order valence-electron chi connectivity index (χ2n) is 5.61. The number of carbonyl (C=O) groups is 2. The predicted molar refractivity (Wildman–Crippen MR) is 80.7 cm³/mol. The number of nitrogens with one attached hydrogen (secondary N) is 1. The number of aliphatic carboxylic acids is 1. The predicted octanol–water partition coefficient (Wildman–Crippen LogP) is 2.11. The van der Waals surface area contributed by atoms with E-state index in [0.29, 0.717) is 0 Å². The van der Waals surface area contributed by atoms with Gasteiger partial charge in [0, 0.05) is 0 Å². The van der Waals surface area contributed by atoms with E-state index in [1.807, 2.05) is 0 Å². The summed E-state index contributed by atoms with van der Waals surface area (Å²) < 4.78 is 0. The molecule has 1 amide bonds. The van der Waals surface area contributed by atoms with Crippen LogP contribution < -0.4 is 5.32 Å². The molecule has 0 saturated heterocycles. The molecular formula is C15H30N2O3. The van der Waals surface area contributed by atoms with Crippen LogP contribution in [0.3, 0.4) is 0 Å². The Morgan fingerprint density at radius 2 is 1.60 bits per heavy atom. The van der Waals surface area contributed by atoms with Gasteiger partial charge in [0.15, 0.2) is 0 Å². The fourth-order valence-corrected chi connectivity index (χ4v) is 1.97. The van der Waals surface area contributed by atoms with Crippen LogP contribution in [0.15, 0.2) is 0 Å². The number of hydrogen-bond acceptors (Lipinski definition) is 3. The van der Waals surface area contributed by atoms with E-state index < -0.39 is 12.0 Å². The highest BCUT2D eigenvalue weighted by Gasteiger charge is 2.23. The van der Waals surface area contributed by atoms with E-state index in [0.717, 1.165) is 38.8 Å². The Hall–Kier alpha value is -1.10. The molecule has 1 unspecified atom stereocenters. The van der Waals surface area contributed by atoms with Gasteiger partial charge in [0.1, 0.15) is 6.04 Å². The maximum absolute atomic E-state index is 12.0. The number of unbranched alkanes of at least 4 members (excludes halogenated alkanes) is 2. The largest absolute Gasteiger partial charge is 0.480 e. The minimum Gasteiger partial charge on any atom is -0.480 e. The molecule has 0 aromatic heterocycles. The molecule has 0 aliphatic carbocycles. The first-order valence-electron chi connectivity index (χ1n) is 7.66. The van der Waals surface area contributed by atoms with Gasteiger partial charge in [0.05, 0.1) is 6.54 Å². The average Bonchev–Trinajstić information content (AvgIpc) is 2.38. The van der Waals surface area contributed by atoms with Gasteiger partial charge in [-0.1, -0.05) is 40.5 Å². The summed E-state index contributed by atoms with van der Waals surface area (Å²) in [6, 6.07) is -0.804. The van der Waals surface area contributed by atoms with E-state index in [-0.39, 0.29) is 18.4 Å². The van der Waals surface area contributed by atoms with Crippen molar-refractivity contribution in [2.24, 2.45) is 5.92 Å². The van der Waals surface area contributed by atoms with Gasteiger partial charge in [-0.15, -0.1) is 0 Å². The SMILES string of the molecule is CCCCN(CCCC)CC(=O)NC(C(=O)O)C(C)C. The highest BCUT2D eigenvalue weighted by atomic mass is 16.4. The van der Waals surface area contributed by atoms with Crippen LogP contribution in [-0.2, 0) is 9.59 Å². The second kappa shape index (κ2) is 10.7. The van der Waals surface area contributed by atoms with E-state index in [2.05, 4.69) is 24.1 Å². The van der Waals surface area contributed by atoms with E-state index in [1.165, 1.54) is 0 Å². The third kappa shape index (κ3) is 8.15. The summed E-state index contributed by atoms with van der Waals surface area (Å²) in [6.45, 7) is 9.91. The summed E-state index contributed by atoms with van der Waals surface area (Å²) in [5.41, 5.74) is 0. The summed E-state index contributed by atoms with van der Waals surface area (Å²) in [5, 5.41) is 11.7. The van der Waals surface area contributed by atoms with Crippen LogP contribution in [0.2, 0.25) is 0 Å². The molecule has 0 spiro atoms. The summed E-state index contributed by atoms with van der Waals surface area (Å²) in [7, 11) is 0. The lowest BCUT2D eigenvalue weighted by Gasteiger charge is -2.23. The molecule has 0 bridgehead atoms. The van der Waals surface area contributed by atoms with Crippen molar-refractivity contribution in [2.45, 2.75) is 59.4 Å². The quantitative estimate of drug-likeness (QED) is 0.610. The molecule has 0 rings (SSSR count). The summed E-state index contributed by atoms with van der Waals surface area (Å²) in [4.78, 5) is 25.2. The van der Waals surface area contributed by atoms with Gasteiger partial charge in [-0.05, 0) is 31.8 Å². The standard InChI is InChI=1S/C15H30N2O3/c1-5-7-9-17(10-8-6-2)11-13(18)16-14(12(3)4)15(19)20/h12,14H,5-11H2,1-4H3,(H,16,18)(H,19,20). The van der Waals surface area contributed by atoms with Gasteiger partial charge >= 0.3 is 5.97 Å². The summed E-state index contributed by atoms with van der Waals surface area (Å²) >= 11 is 0. The molecule has 0 aromatic rings. The van der Waals surface area contributed by atoms with E-state index >= 15 is 0 Å². The molecule has 0 aliphatic heterocycles. The van der Waals surface area contributed by atoms with Gasteiger partial charge in [-0.3, -0.25) is 9.69 Å². The van der Waals surface area contributed by atoms with Gasteiger partial charge in [0.2, 0.25) is 5.91 Å². The molecule has 5 heteroatoms. The number of amides is 1. The Balaban J connectivity index is 4.37. The van der Waals surface area contributed by atoms with Crippen LogP contribution in [0.5, 0.6) is 0 Å². The topological polar surface area (TPSA) is 69.6 Å². The zero-order valence-electron chi connectivity index (χ0n) is 13.3. The molecule has 20 heavy (non-hydrogen) atoms. The van der Waals surface area contributed by atoms with Gasteiger partial charge < -0.3 is 10.4 Å². The second-order valence-corrected chi connectivity index (χ2v) is 5.61. The molecule has 0 aromatic carbocycles. The monoisotopic (exact) mass is 286 g/mol. The first kappa shape index (κ1) is 18.9. The number of carbonyl (C=O) groups excluding carboxylic acids is 1. The highest BCUT2D eigenvalue weighted by Crippen LogP contribution is 2.03. The third-order valence-corrected chi connectivity index (χ3v) is 3.27. The lowest BCUT2D eigenvalue weighted by molar-refractivity contribution is -0.143. The van der Waals surface area contributed by atoms with Crippen molar-refractivity contribution in [3.05, 3.63) is 0 Å². The van der Waals surface area contributed by atoms with Crippen molar-refractivity contribution >= 4 is 11.9 Å². The molecule has 0 heterocycles. The van der Waals surface area contributed by atoms with Gasteiger partial charge in [-0.2, -0.15) is 0 Å².